The quantitative estimate of drug-likeness (QED) is 0.820. The fraction of sp³-hybridized carbons (Fsp3) is 0.538. The van der Waals surface area contributed by atoms with Crippen LogP contribution in [0.5, 0.6) is 0 Å². The Labute approximate surface area is 107 Å². The summed E-state index contributed by atoms with van der Waals surface area (Å²) in [6.45, 7) is 0.404. The molecule has 0 unspecified atom stereocenters. The molecule has 0 aliphatic heterocycles. The Balaban J connectivity index is 2.10. The SMILES string of the molecule is CNc1ccc(C(=O)N(CCO)C2CCC2)cn1. The van der Waals surface area contributed by atoms with E-state index in [0.717, 1.165) is 25.1 Å². The third-order valence-electron chi connectivity index (χ3n) is 3.38. The van der Waals surface area contributed by atoms with E-state index in [1.165, 1.54) is 0 Å². The summed E-state index contributed by atoms with van der Waals surface area (Å²) in [5.41, 5.74) is 0.578. The van der Waals surface area contributed by atoms with Gasteiger partial charge in [0.05, 0.1) is 12.2 Å². The number of nitrogens with one attached hydrogen (secondary N) is 1. The van der Waals surface area contributed by atoms with Gasteiger partial charge in [-0.15, -0.1) is 0 Å². The molecule has 0 saturated heterocycles. The summed E-state index contributed by atoms with van der Waals surface area (Å²) in [6.07, 6.45) is 4.82. The van der Waals surface area contributed by atoms with Crippen molar-refractivity contribution in [3.63, 3.8) is 0 Å². The van der Waals surface area contributed by atoms with Gasteiger partial charge in [-0.2, -0.15) is 0 Å². The van der Waals surface area contributed by atoms with E-state index in [-0.39, 0.29) is 18.6 Å². The van der Waals surface area contributed by atoms with E-state index in [4.69, 9.17) is 5.11 Å². The number of nitrogens with zero attached hydrogens (tertiary/aromatic N) is 2. The number of amides is 1. The average Bonchev–Trinajstić information content (AvgIpc) is 2.35. The number of carbonyl (C=O) groups excluding carboxylic acids is 1. The number of carbonyl (C=O) groups is 1. The van der Waals surface area contributed by atoms with Crippen molar-refractivity contribution >= 4 is 11.7 Å². The van der Waals surface area contributed by atoms with E-state index < -0.39 is 0 Å². The zero-order valence-corrected chi connectivity index (χ0v) is 10.6. The van der Waals surface area contributed by atoms with Gasteiger partial charge in [-0.05, 0) is 31.4 Å². The van der Waals surface area contributed by atoms with Crippen LogP contribution in [0.4, 0.5) is 5.82 Å². The van der Waals surface area contributed by atoms with E-state index in [9.17, 15) is 4.79 Å². The maximum atomic E-state index is 12.3. The predicted octanol–water partition coefficient (Wildman–Crippen LogP) is 1.11. The van der Waals surface area contributed by atoms with Crippen molar-refractivity contribution in [1.29, 1.82) is 0 Å². The van der Waals surface area contributed by atoms with Crippen molar-refractivity contribution in [3.8, 4) is 0 Å². The summed E-state index contributed by atoms with van der Waals surface area (Å²) in [6, 6.07) is 3.84. The molecule has 18 heavy (non-hydrogen) atoms. The topological polar surface area (TPSA) is 65.5 Å². The van der Waals surface area contributed by atoms with E-state index in [1.54, 1.807) is 30.3 Å². The molecule has 0 bridgehead atoms. The second-order valence-electron chi connectivity index (χ2n) is 4.49. The van der Waals surface area contributed by atoms with Gasteiger partial charge in [0.2, 0.25) is 0 Å². The number of aliphatic hydroxyl groups excluding tert-OH is 1. The molecule has 0 atom stereocenters. The molecule has 5 heteroatoms. The summed E-state index contributed by atoms with van der Waals surface area (Å²) >= 11 is 0. The minimum Gasteiger partial charge on any atom is -0.395 e. The molecule has 1 heterocycles. The molecule has 1 aliphatic carbocycles. The Kier molecular flexibility index (Phi) is 4.15. The Bertz CT molecular complexity index is 401. The van der Waals surface area contributed by atoms with Crippen molar-refractivity contribution in [2.75, 3.05) is 25.5 Å². The molecule has 2 rings (SSSR count). The third kappa shape index (κ3) is 2.61. The summed E-state index contributed by atoms with van der Waals surface area (Å²) in [7, 11) is 1.79. The summed E-state index contributed by atoms with van der Waals surface area (Å²) in [5, 5.41) is 12.0. The van der Waals surface area contributed by atoms with E-state index in [0.29, 0.717) is 12.1 Å². The number of hydrogen-bond acceptors (Lipinski definition) is 4. The molecule has 0 aromatic carbocycles. The van der Waals surface area contributed by atoms with E-state index in [1.807, 2.05) is 0 Å². The van der Waals surface area contributed by atoms with Crippen LogP contribution >= 0.6 is 0 Å². The van der Waals surface area contributed by atoms with Crippen LogP contribution in [0.15, 0.2) is 18.3 Å². The van der Waals surface area contributed by atoms with Gasteiger partial charge < -0.3 is 15.3 Å². The smallest absolute Gasteiger partial charge is 0.255 e. The monoisotopic (exact) mass is 249 g/mol. The number of rotatable bonds is 5. The number of aliphatic hydroxyl groups is 1. The molecule has 1 fully saturated rings. The Morgan fingerprint density at radius 3 is 2.78 bits per heavy atom. The highest BCUT2D eigenvalue weighted by Gasteiger charge is 2.28. The van der Waals surface area contributed by atoms with Crippen molar-refractivity contribution in [3.05, 3.63) is 23.9 Å². The normalized spacial score (nSPS) is 15.0. The van der Waals surface area contributed by atoms with Gasteiger partial charge in [0.15, 0.2) is 0 Å². The van der Waals surface area contributed by atoms with Gasteiger partial charge in [-0.25, -0.2) is 4.98 Å². The van der Waals surface area contributed by atoms with Crippen LogP contribution in [-0.2, 0) is 0 Å². The van der Waals surface area contributed by atoms with Crippen molar-refractivity contribution in [2.24, 2.45) is 0 Å². The first kappa shape index (κ1) is 12.8. The zero-order valence-electron chi connectivity index (χ0n) is 10.6. The molecule has 1 aromatic heterocycles. The molecule has 5 nitrogen and oxygen atoms in total. The Morgan fingerprint density at radius 2 is 2.33 bits per heavy atom. The lowest BCUT2D eigenvalue weighted by molar-refractivity contribution is 0.0525. The third-order valence-corrected chi connectivity index (χ3v) is 3.38. The summed E-state index contributed by atoms with van der Waals surface area (Å²) in [4.78, 5) is 18.2. The van der Waals surface area contributed by atoms with Crippen molar-refractivity contribution < 1.29 is 9.90 Å². The maximum Gasteiger partial charge on any atom is 0.255 e. The Morgan fingerprint density at radius 1 is 1.56 bits per heavy atom. The second-order valence-corrected chi connectivity index (χ2v) is 4.49. The van der Waals surface area contributed by atoms with Crippen molar-refractivity contribution in [1.82, 2.24) is 9.88 Å². The molecule has 0 spiro atoms. The largest absolute Gasteiger partial charge is 0.395 e. The van der Waals surface area contributed by atoms with Gasteiger partial charge in [0, 0.05) is 25.8 Å². The van der Waals surface area contributed by atoms with Gasteiger partial charge >= 0.3 is 0 Å². The van der Waals surface area contributed by atoms with Gasteiger partial charge in [0.25, 0.3) is 5.91 Å². The van der Waals surface area contributed by atoms with Crippen LogP contribution in [0.1, 0.15) is 29.6 Å². The predicted molar refractivity (Wildman–Crippen MR) is 69.5 cm³/mol. The van der Waals surface area contributed by atoms with Crippen LogP contribution in [0, 0.1) is 0 Å². The number of aromatic nitrogens is 1. The molecular weight excluding hydrogens is 230 g/mol. The highest BCUT2D eigenvalue weighted by molar-refractivity contribution is 5.94. The van der Waals surface area contributed by atoms with Crippen LogP contribution in [0.25, 0.3) is 0 Å². The lowest BCUT2D eigenvalue weighted by Gasteiger charge is -2.37. The van der Waals surface area contributed by atoms with E-state index in [2.05, 4.69) is 10.3 Å². The molecule has 0 radical (unpaired) electrons. The highest BCUT2D eigenvalue weighted by Crippen LogP contribution is 2.25. The fourth-order valence-corrected chi connectivity index (χ4v) is 2.09. The van der Waals surface area contributed by atoms with E-state index >= 15 is 0 Å². The number of pyridine rings is 1. The standard InChI is InChI=1S/C13H19N3O2/c1-14-12-6-5-10(9-15-12)13(18)16(7-8-17)11-3-2-4-11/h5-6,9,11,17H,2-4,7-8H2,1H3,(H,14,15). The molecule has 98 valence electrons. The lowest BCUT2D eigenvalue weighted by atomic mass is 9.91. The molecule has 1 aliphatic rings. The number of hydrogen-bond donors (Lipinski definition) is 2. The first-order valence-electron chi connectivity index (χ1n) is 6.32. The summed E-state index contributed by atoms with van der Waals surface area (Å²) < 4.78 is 0. The van der Waals surface area contributed by atoms with Gasteiger partial charge in [0.1, 0.15) is 5.82 Å². The van der Waals surface area contributed by atoms with Crippen LogP contribution in [0.3, 0.4) is 0 Å². The highest BCUT2D eigenvalue weighted by atomic mass is 16.3. The lowest BCUT2D eigenvalue weighted by Crippen LogP contribution is -2.45. The van der Waals surface area contributed by atoms with Crippen LogP contribution in [0.2, 0.25) is 0 Å². The zero-order chi connectivity index (χ0) is 13.0. The van der Waals surface area contributed by atoms with Crippen molar-refractivity contribution in [2.45, 2.75) is 25.3 Å². The first-order chi connectivity index (χ1) is 8.76. The van der Waals surface area contributed by atoms with Crippen LogP contribution in [-0.4, -0.2) is 47.1 Å². The van der Waals surface area contributed by atoms with Gasteiger partial charge in [-0.1, -0.05) is 0 Å². The second kappa shape index (κ2) is 5.82. The minimum atomic E-state index is -0.0381. The Hall–Kier alpha value is -1.62. The molecular formula is C13H19N3O2. The van der Waals surface area contributed by atoms with Gasteiger partial charge in [-0.3, -0.25) is 4.79 Å². The first-order valence-corrected chi connectivity index (χ1v) is 6.32. The number of anilines is 1. The average molecular weight is 249 g/mol. The molecule has 1 saturated carbocycles. The molecule has 1 amide bonds. The maximum absolute atomic E-state index is 12.3. The molecule has 2 N–H and O–H groups in total. The summed E-state index contributed by atoms with van der Waals surface area (Å²) in [5.74, 6) is 0.702. The molecule has 1 aromatic rings. The van der Waals surface area contributed by atoms with Crippen LogP contribution < -0.4 is 5.32 Å². The minimum absolute atomic E-state index is 0.00423. The fourth-order valence-electron chi connectivity index (χ4n) is 2.09.